The molecular weight excluding hydrogens is 406 g/mol. The standard InChI is InChI=1S/C17H14BrN3O3S/c18-14-7-6-13(25-14)17-20-19-15(24-17)10-23-12-4-1-3-11(9-12)21-8-2-5-16(21)22/h1,3-4,6-7,9H,2,5,8,10H2. The maximum Gasteiger partial charge on any atom is 0.257 e. The summed E-state index contributed by atoms with van der Waals surface area (Å²) in [6.07, 6.45) is 1.50. The predicted octanol–water partition coefficient (Wildman–Crippen LogP) is 4.27. The molecule has 128 valence electrons. The molecule has 2 aromatic heterocycles. The van der Waals surface area contributed by atoms with Gasteiger partial charge in [-0.25, -0.2) is 0 Å². The number of halogens is 1. The van der Waals surface area contributed by atoms with E-state index in [4.69, 9.17) is 9.15 Å². The van der Waals surface area contributed by atoms with Crippen LogP contribution in [-0.2, 0) is 11.4 Å². The highest BCUT2D eigenvalue weighted by Gasteiger charge is 2.21. The summed E-state index contributed by atoms with van der Waals surface area (Å²) in [5, 5.41) is 8.06. The highest BCUT2D eigenvalue weighted by molar-refractivity contribution is 9.11. The van der Waals surface area contributed by atoms with Crippen molar-refractivity contribution in [3.8, 4) is 16.5 Å². The Labute approximate surface area is 156 Å². The molecule has 1 amide bonds. The number of rotatable bonds is 5. The molecule has 25 heavy (non-hydrogen) atoms. The lowest BCUT2D eigenvalue weighted by atomic mass is 10.3. The van der Waals surface area contributed by atoms with Crippen LogP contribution in [0.3, 0.4) is 0 Å². The first-order valence-electron chi connectivity index (χ1n) is 7.80. The van der Waals surface area contributed by atoms with Crippen LogP contribution in [-0.4, -0.2) is 22.6 Å². The van der Waals surface area contributed by atoms with E-state index in [0.717, 1.165) is 27.3 Å². The fourth-order valence-corrected chi connectivity index (χ4v) is 3.96. The van der Waals surface area contributed by atoms with E-state index in [-0.39, 0.29) is 12.5 Å². The van der Waals surface area contributed by atoms with Crippen LogP contribution < -0.4 is 9.64 Å². The van der Waals surface area contributed by atoms with Crippen LogP contribution in [0.1, 0.15) is 18.7 Å². The van der Waals surface area contributed by atoms with Crippen LogP contribution in [0.5, 0.6) is 5.75 Å². The molecule has 4 rings (SSSR count). The lowest BCUT2D eigenvalue weighted by Gasteiger charge is -2.16. The molecule has 1 aromatic carbocycles. The minimum Gasteiger partial charge on any atom is -0.484 e. The molecule has 3 heterocycles. The maximum atomic E-state index is 11.9. The van der Waals surface area contributed by atoms with Crippen molar-refractivity contribution in [3.05, 3.63) is 46.1 Å². The van der Waals surface area contributed by atoms with E-state index in [2.05, 4.69) is 26.1 Å². The Kier molecular flexibility index (Phi) is 4.54. The van der Waals surface area contributed by atoms with Gasteiger partial charge in [0.2, 0.25) is 5.91 Å². The van der Waals surface area contributed by atoms with Crippen molar-refractivity contribution >= 4 is 38.9 Å². The normalized spacial score (nSPS) is 14.3. The molecule has 1 fully saturated rings. The van der Waals surface area contributed by atoms with Crippen LogP contribution in [0.2, 0.25) is 0 Å². The molecule has 0 bridgehead atoms. The number of nitrogens with zero attached hydrogens (tertiary/aromatic N) is 3. The third kappa shape index (κ3) is 3.59. The highest BCUT2D eigenvalue weighted by atomic mass is 79.9. The van der Waals surface area contributed by atoms with E-state index in [0.29, 0.717) is 24.0 Å². The van der Waals surface area contributed by atoms with Gasteiger partial charge in [0, 0.05) is 24.7 Å². The quantitative estimate of drug-likeness (QED) is 0.617. The smallest absolute Gasteiger partial charge is 0.257 e. The monoisotopic (exact) mass is 419 g/mol. The van der Waals surface area contributed by atoms with Crippen LogP contribution in [0.25, 0.3) is 10.8 Å². The van der Waals surface area contributed by atoms with Gasteiger partial charge in [-0.3, -0.25) is 4.79 Å². The molecule has 1 aliphatic rings. The Morgan fingerprint density at radius 1 is 1.28 bits per heavy atom. The lowest BCUT2D eigenvalue weighted by molar-refractivity contribution is -0.117. The van der Waals surface area contributed by atoms with Crippen LogP contribution in [0.15, 0.2) is 44.6 Å². The zero-order chi connectivity index (χ0) is 17.2. The Bertz CT molecular complexity index is 908. The first-order valence-corrected chi connectivity index (χ1v) is 9.41. The summed E-state index contributed by atoms with van der Waals surface area (Å²) in [5.74, 6) is 1.70. The number of ether oxygens (including phenoxy) is 1. The summed E-state index contributed by atoms with van der Waals surface area (Å²) < 4.78 is 12.4. The number of benzene rings is 1. The molecule has 0 N–H and O–H groups in total. The second-order valence-electron chi connectivity index (χ2n) is 5.54. The van der Waals surface area contributed by atoms with Gasteiger partial charge in [-0.15, -0.1) is 21.5 Å². The zero-order valence-electron chi connectivity index (χ0n) is 13.1. The van der Waals surface area contributed by atoms with Gasteiger partial charge in [0.25, 0.3) is 11.8 Å². The number of hydrogen-bond donors (Lipinski definition) is 0. The summed E-state index contributed by atoms with van der Waals surface area (Å²) in [4.78, 5) is 14.5. The topological polar surface area (TPSA) is 68.5 Å². The number of carbonyl (C=O) groups excluding carboxylic acids is 1. The van der Waals surface area contributed by atoms with E-state index in [1.54, 1.807) is 4.90 Å². The van der Waals surface area contributed by atoms with E-state index in [1.165, 1.54) is 11.3 Å². The molecule has 8 heteroatoms. The number of hydrogen-bond acceptors (Lipinski definition) is 6. The van der Waals surface area contributed by atoms with Crippen LogP contribution >= 0.6 is 27.3 Å². The largest absolute Gasteiger partial charge is 0.484 e. The molecule has 1 aliphatic heterocycles. The van der Waals surface area contributed by atoms with Gasteiger partial charge in [-0.1, -0.05) is 6.07 Å². The van der Waals surface area contributed by atoms with Crippen molar-refractivity contribution in [1.29, 1.82) is 0 Å². The zero-order valence-corrected chi connectivity index (χ0v) is 15.5. The molecular formula is C17H14BrN3O3S. The molecule has 0 saturated carbocycles. The molecule has 6 nitrogen and oxygen atoms in total. The molecule has 0 unspecified atom stereocenters. The molecule has 1 saturated heterocycles. The third-order valence-electron chi connectivity index (χ3n) is 3.82. The van der Waals surface area contributed by atoms with Crippen LogP contribution in [0, 0.1) is 0 Å². The number of thiophene rings is 1. The van der Waals surface area contributed by atoms with Crippen molar-refractivity contribution in [3.63, 3.8) is 0 Å². The predicted molar refractivity (Wildman–Crippen MR) is 97.7 cm³/mol. The second kappa shape index (κ2) is 6.97. The fraction of sp³-hybridized carbons (Fsp3) is 0.235. The SMILES string of the molecule is O=C1CCCN1c1cccc(OCc2nnc(-c3ccc(Br)s3)o2)c1. The van der Waals surface area contributed by atoms with Gasteiger partial charge in [-0.2, -0.15) is 0 Å². The van der Waals surface area contributed by atoms with Gasteiger partial charge >= 0.3 is 0 Å². The summed E-state index contributed by atoms with van der Waals surface area (Å²) in [7, 11) is 0. The fourth-order valence-electron chi connectivity index (χ4n) is 2.65. The number of amides is 1. The Hall–Kier alpha value is -2.19. The summed E-state index contributed by atoms with van der Waals surface area (Å²) >= 11 is 4.94. The molecule has 0 spiro atoms. The molecule has 3 aromatic rings. The van der Waals surface area contributed by atoms with Gasteiger partial charge < -0.3 is 14.1 Å². The van der Waals surface area contributed by atoms with Crippen LogP contribution in [0.4, 0.5) is 5.69 Å². The minimum atomic E-state index is 0.154. The van der Waals surface area contributed by atoms with E-state index in [9.17, 15) is 4.79 Å². The Morgan fingerprint density at radius 3 is 2.96 bits per heavy atom. The van der Waals surface area contributed by atoms with E-state index in [1.807, 2.05) is 36.4 Å². The number of carbonyl (C=O) groups is 1. The lowest BCUT2D eigenvalue weighted by Crippen LogP contribution is -2.23. The third-order valence-corrected chi connectivity index (χ3v) is 5.43. The van der Waals surface area contributed by atoms with Crippen molar-refractivity contribution < 1.29 is 13.9 Å². The van der Waals surface area contributed by atoms with Crippen molar-refractivity contribution in [2.24, 2.45) is 0 Å². The number of anilines is 1. The van der Waals surface area contributed by atoms with Crippen molar-refractivity contribution in [2.75, 3.05) is 11.4 Å². The molecule has 0 radical (unpaired) electrons. The first kappa shape index (κ1) is 16.3. The maximum absolute atomic E-state index is 11.9. The number of aromatic nitrogens is 2. The Morgan fingerprint density at radius 2 is 2.20 bits per heavy atom. The highest BCUT2D eigenvalue weighted by Crippen LogP contribution is 2.30. The van der Waals surface area contributed by atoms with Gasteiger partial charge in [0.15, 0.2) is 6.61 Å². The second-order valence-corrected chi connectivity index (χ2v) is 8.00. The minimum absolute atomic E-state index is 0.154. The molecule has 0 atom stereocenters. The average molecular weight is 420 g/mol. The van der Waals surface area contributed by atoms with Crippen molar-refractivity contribution in [1.82, 2.24) is 10.2 Å². The first-order chi connectivity index (χ1) is 12.2. The van der Waals surface area contributed by atoms with Gasteiger partial charge in [0.1, 0.15) is 5.75 Å². The van der Waals surface area contributed by atoms with E-state index >= 15 is 0 Å². The summed E-state index contributed by atoms with van der Waals surface area (Å²) in [5.41, 5.74) is 0.856. The summed E-state index contributed by atoms with van der Waals surface area (Å²) in [6, 6.07) is 11.3. The van der Waals surface area contributed by atoms with E-state index < -0.39 is 0 Å². The summed E-state index contributed by atoms with van der Waals surface area (Å²) in [6.45, 7) is 0.933. The van der Waals surface area contributed by atoms with Gasteiger partial charge in [0.05, 0.1) is 8.66 Å². The van der Waals surface area contributed by atoms with Crippen molar-refractivity contribution in [2.45, 2.75) is 19.4 Å². The average Bonchev–Trinajstić information content (AvgIpc) is 3.34. The Balaban J connectivity index is 1.43. The molecule has 0 aliphatic carbocycles. The van der Waals surface area contributed by atoms with Gasteiger partial charge in [-0.05, 0) is 46.6 Å².